The fraction of sp³-hybridized carbons (Fsp3) is 0.240. The molecule has 0 bridgehead atoms. The molecule has 36 heavy (non-hydrogen) atoms. The van der Waals surface area contributed by atoms with E-state index in [-0.39, 0.29) is 18.9 Å². The Morgan fingerprint density at radius 2 is 1.92 bits per heavy atom. The number of nitrogens with one attached hydrogen (secondary N) is 1. The topological polar surface area (TPSA) is 71.0 Å². The lowest BCUT2D eigenvalue weighted by Gasteiger charge is -2.36. The van der Waals surface area contributed by atoms with Crippen molar-refractivity contribution >= 4 is 40.4 Å². The molecular weight excluding hydrogens is 515 g/mol. The Morgan fingerprint density at radius 3 is 2.58 bits per heavy atom. The minimum Gasteiger partial charge on any atom is -0.466 e. The molecule has 4 rings (SSSR count). The summed E-state index contributed by atoms with van der Waals surface area (Å²) in [5.41, 5.74) is 1.74. The predicted molar refractivity (Wildman–Crippen MR) is 132 cm³/mol. The quantitative estimate of drug-likeness (QED) is 0.472. The minimum absolute atomic E-state index is 0.0584. The number of allylic oxidation sites excluding steroid dienone is 1. The molecule has 0 saturated heterocycles. The van der Waals surface area contributed by atoms with Crippen LogP contribution in [0.5, 0.6) is 0 Å². The molecule has 0 spiro atoms. The zero-order valence-corrected chi connectivity index (χ0v) is 20.8. The smallest absolute Gasteiger partial charge is 0.416 e. The van der Waals surface area contributed by atoms with Crippen LogP contribution in [0.25, 0.3) is 0 Å². The number of benzene rings is 2. The maximum absolute atomic E-state index is 13.0. The first-order valence-corrected chi connectivity index (χ1v) is 12.0. The van der Waals surface area contributed by atoms with E-state index in [1.807, 2.05) is 0 Å². The van der Waals surface area contributed by atoms with Crippen molar-refractivity contribution in [3.63, 3.8) is 0 Å². The molecule has 0 saturated carbocycles. The molecule has 2 aliphatic rings. The van der Waals surface area contributed by atoms with Gasteiger partial charge in [-0.2, -0.15) is 13.2 Å². The van der Waals surface area contributed by atoms with Gasteiger partial charge in [0.2, 0.25) is 5.91 Å². The van der Waals surface area contributed by atoms with Gasteiger partial charge in [-0.25, -0.2) is 9.79 Å². The number of amidine groups is 1. The second-order valence-electron chi connectivity index (χ2n) is 8.09. The number of ether oxygens (including phenoxy) is 1. The van der Waals surface area contributed by atoms with Gasteiger partial charge in [0.15, 0.2) is 5.17 Å². The van der Waals surface area contributed by atoms with Crippen molar-refractivity contribution < 1.29 is 27.5 Å². The van der Waals surface area contributed by atoms with Gasteiger partial charge in [0.05, 0.1) is 36.4 Å². The average molecular weight is 536 g/mol. The van der Waals surface area contributed by atoms with Crippen molar-refractivity contribution in [2.75, 3.05) is 7.11 Å². The standard InChI is InChI=1S/C25H21ClF3N3O3S/c1-14-21(23(34)35-2)22(16-6-8-18(26)9-7-16)32-19(13-36-24(32)31-14)11-20(33)30-12-15-4-3-5-17(10-15)25(27,28)29/h3-10,13,22H,11-12H2,1-2H3,(H,30,33)/t22-/m1/s1. The first-order valence-electron chi connectivity index (χ1n) is 10.8. The van der Waals surface area contributed by atoms with Crippen LogP contribution in [-0.2, 0) is 27.0 Å². The van der Waals surface area contributed by atoms with Gasteiger partial charge in [-0.3, -0.25) is 4.79 Å². The van der Waals surface area contributed by atoms with Gasteiger partial charge in [0.1, 0.15) is 0 Å². The number of hydrogen-bond acceptors (Lipinski definition) is 6. The highest BCUT2D eigenvalue weighted by Gasteiger charge is 2.41. The number of methoxy groups -OCH3 is 1. The largest absolute Gasteiger partial charge is 0.466 e. The number of nitrogens with zero attached hydrogens (tertiary/aromatic N) is 2. The van der Waals surface area contributed by atoms with Crippen molar-refractivity contribution in [1.82, 2.24) is 10.2 Å². The number of carbonyl (C=O) groups excluding carboxylic acids is 2. The highest BCUT2D eigenvalue weighted by molar-refractivity contribution is 8.16. The molecule has 2 aliphatic heterocycles. The van der Waals surface area contributed by atoms with Crippen molar-refractivity contribution in [1.29, 1.82) is 0 Å². The molecule has 0 radical (unpaired) electrons. The molecule has 2 heterocycles. The van der Waals surface area contributed by atoms with Gasteiger partial charge in [-0.05, 0) is 47.7 Å². The summed E-state index contributed by atoms with van der Waals surface area (Å²) >= 11 is 7.38. The van der Waals surface area contributed by atoms with E-state index >= 15 is 0 Å². The van der Waals surface area contributed by atoms with E-state index in [2.05, 4.69) is 10.3 Å². The molecule has 1 amide bonds. The zero-order chi connectivity index (χ0) is 26.0. The molecule has 6 nitrogen and oxygen atoms in total. The lowest BCUT2D eigenvalue weighted by molar-refractivity contribution is -0.138. The van der Waals surface area contributed by atoms with Crippen LogP contribution in [-0.4, -0.2) is 29.1 Å². The first-order chi connectivity index (χ1) is 17.1. The Bertz CT molecular complexity index is 1290. The normalized spacial score (nSPS) is 17.4. The van der Waals surface area contributed by atoms with Crippen molar-refractivity contribution in [3.8, 4) is 0 Å². The highest BCUT2D eigenvalue weighted by Crippen LogP contribution is 2.45. The Hall–Kier alpha value is -3.24. The summed E-state index contributed by atoms with van der Waals surface area (Å²) < 4.78 is 43.9. The van der Waals surface area contributed by atoms with E-state index in [4.69, 9.17) is 16.3 Å². The third-order valence-corrected chi connectivity index (χ3v) is 6.82. The van der Waals surface area contributed by atoms with Crippen LogP contribution < -0.4 is 5.32 Å². The van der Waals surface area contributed by atoms with E-state index < -0.39 is 23.8 Å². The van der Waals surface area contributed by atoms with Gasteiger partial charge in [-0.1, -0.05) is 47.6 Å². The lowest BCUT2D eigenvalue weighted by atomic mass is 9.94. The molecule has 0 unspecified atom stereocenters. The summed E-state index contributed by atoms with van der Waals surface area (Å²) in [5.74, 6) is -0.929. The molecule has 0 aromatic heterocycles. The van der Waals surface area contributed by atoms with E-state index in [1.54, 1.807) is 41.5 Å². The maximum Gasteiger partial charge on any atom is 0.416 e. The summed E-state index contributed by atoms with van der Waals surface area (Å²) in [5, 5.41) is 5.58. The monoisotopic (exact) mass is 535 g/mol. The van der Waals surface area contributed by atoms with Crippen molar-refractivity contribution in [2.24, 2.45) is 4.99 Å². The van der Waals surface area contributed by atoms with E-state index in [0.29, 0.717) is 32.7 Å². The highest BCUT2D eigenvalue weighted by atomic mass is 35.5. The van der Waals surface area contributed by atoms with Gasteiger partial charge in [-0.15, -0.1) is 0 Å². The molecule has 0 fully saturated rings. The van der Waals surface area contributed by atoms with Crippen LogP contribution in [0.3, 0.4) is 0 Å². The molecule has 2 aromatic rings. The van der Waals surface area contributed by atoms with Crippen LogP contribution >= 0.6 is 23.4 Å². The minimum atomic E-state index is -4.46. The van der Waals surface area contributed by atoms with Crippen LogP contribution in [0.1, 0.15) is 36.1 Å². The van der Waals surface area contributed by atoms with Gasteiger partial charge < -0.3 is 15.0 Å². The van der Waals surface area contributed by atoms with Gasteiger partial charge in [0.25, 0.3) is 0 Å². The number of halogens is 4. The number of esters is 1. The van der Waals surface area contributed by atoms with E-state index in [0.717, 1.165) is 17.7 Å². The number of rotatable bonds is 6. The SMILES string of the molecule is COC(=O)C1=C(C)N=C2SC=C(CC(=O)NCc3cccc(C(F)(F)F)c3)N2[C@@H]1c1ccc(Cl)cc1. The third kappa shape index (κ3) is 5.44. The molecular formula is C25H21ClF3N3O3S. The molecule has 188 valence electrons. The molecule has 11 heteroatoms. The summed E-state index contributed by atoms with van der Waals surface area (Å²) in [4.78, 5) is 31.8. The number of carbonyl (C=O) groups is 2. The Morgan fingerprint density at radius 1 is 1.19 bits per heavy atom. The zero-order valence-electron chi connectivity index (χ0n) is 19.2. The predicted octanol–water partition coefficient (Wildman–Crippen LogP) is 5.81. The third-order valence-electron chi connectivity index (χ3n) is 5.68. The van der Waals surface area contributed by atoms with Gasteiger partial charge in [0, 0.05) is 17.3 Å². The summed E-state index contributed by atoms with van der Waals surface area (Å²) in [6.45, 7) is 1.66. The maximum atomic E-state index is 13.0. The van der Waals surface area contributed by atoms with Crippen LogP contribution in [0.4, 0.5) is 13.2 Å². The van der Waals surface area contributed by atoms with E-state index in [1.165, 1.54) is 31.0 Å². The van der Waals surface area contributed by atoms with Crippen molar-refractivity contribution in [3.05, 3.63) is 92.6 Å². The molecule has 2 aromatic carbocycles. The van der Waals surface area contributed by atoms with Crippen molar-refractivity contribution in [2.45, 2.75) is 32.1 Å². The first kappa shape index (κ1) is 25.8. The number of alkyl halides is 3. The van der Waals surface area contributed by atoms with Crippen LogP contribution in [0.15, 0.2) is 75.9 Å². The fourth-order valence-corrected chi connectivity index (χ4v) is 5.08. The number of hydrogen-bond donors (Lipinski definition) is 1. The average Bonchev–Trinajstić information content (AvgIpc) is 3.23. The Kier molecular flexibility index (Phi) is 7.46. The second-order valence-corrected chi connectivity index (χ2v) is 9.36. The number of amides is 1. The summed E-state index contributed by atoms with van der Waals surface area (Å²) in [6.07, 6.45) is -4.53. The Balaban J connectivity index is 1.55. The summed E-state index contributed by atoms with van der Waals surface area (Å²) in [7, 11) is 1.29. The second kappa shape index (κ2) is 10.4. The fourth-order valence-electron chi connectivity index (χ4n) is 3.99. The summed E-state index contributed by atoms with van der Waals surface area (Å²) in [6, 6.07) is 11.2. The molecule has 0 aliphatic carbocycles. The number of aliphatic imine (C=N–C) groups is 1. The number of fused-ring (bicyclic) bond motifs is 1. The Labute approximate surface area is 214 Å². The molecule has 1 atom stereocenters. The van der Waals surface area contributed by atoms with E-state index in [9.17, 15) is 22.8 Å². The van der Waals surface area contributed by atoms with Crippen LogP contribution in [0.2, 0.25) is 5.02 Å². The number of thioether (sulfide) groups is 1. The van der Waals surface area contributed by atoms with Gasteiger partial charge >= 0.3 is 12.1 Å². The molecule has 1 N–H and O–H groups in total. The lowest BCUT2D eigenvalue weighted by Crippen LogP contribution is -2.37. The van der Waals surface area contributed by atoms with Crippen LogP contribution in [0, 0.1) is 0 Å².